The summed E-state index contributed by atoms with van der Waals surface area (Å²) >= 11 is 1.69. The fraction of sp³-hybridized carbons (Fsp3) is 0.448. The van der Waals surface area contributed by atoms with Gasteiger partial charge in [-0.3, -0.25) is 0 Å². The number of hydrogen-bond donors (Lipinski definition) is 1. The first kappa shape index (κ1) is 27.2. The van der Waals surface area contributed by atoms with Crippen LogP contribution in [0.5, 0.6) is 5.75 Å². The molecular formula is C29H35N2NaO3S. The molecule has 2 fully saturated rings. The zero-order valence-corrected chi connectivity index (χ0v) is 21.2. The minimum absolute atomic E-state index is 0. The van der Waals surface area contributed by atoms with Gasteiger partial charge in [-0.2, -0.15) is 0 Å². The van der Waals surface area contributed by atoms with Crippen LogP contribution in [0.1, 0.15) is 74.2 Å². The van der Waals surface area contributed by atoms with Crippen molar-refractivity contribution in [3.63, 3.8) is 0 Å². The number of ether oxygens (including phenoxy) is 1. The topological polar surface area (TPSA) is 62.7 Å². The van der Waals surface area contributed by atoms with Crippen molar-refractivity contribution in [2.45, 2.75) is 77.0 Å². The second kappa shape index (κ2) is 12.6. The van der Waals surface area contributed by atoms with Crippen molar-refractivity contribution in [3.05, 3.63) is 65.0 Å². The molecule has 186 valence electrons. The number of rotatable bonds is 8. The summed E-state index contributed by atoms with van der Waals surface area (Å²) in [4.78, 5) is 18.7. The zero-order chi connectivity index (χ0) is 24.2. The molecule has 5 rings (SSSR count). The number of anilines is 1. The Morgan fingerprint density at radius 3 is 2.31 bits per heavy atom. The van der Waals surface area contributed by atoms with Crippen LogP contribution < -0.4 is 9.64 Å². The number of benzene rings is 2. The molecular weight excluding hydrogens is 479 g/mol. The standard InChI is InChI=1S/C29H34N2O3S.Na.H/c1-20-6-14-25(15-7-20)34-26-16-12-22(13-17-26)27-19-35-29(30-27)31(24-4-2-3-5-24)18-21-8-10-23(11-9-21)28(32)33;;/h8-13,16-17,19-20,24-25H,2-7,14-15,18H2,1H3,(H,32,33);;. The van der Waals surface area contributed by atoms with E-state index in [2.05, 4.69) is 41.5 Å². The SMILES string of the molecule is CC1CCC(Oc2ccc(-c3csc(N(Cc4ccc(C(=O)O)cc4)C4CCCC4)n3)cc2)CC1.[NaH]. The van der Waals surface area contributed by atoms with E-state index in [1.54, 1.807) is 23.5 Å². The molecule has 3 aromatic rings. The van der Waals surface area contributed by atoms with E-state index in [4.69, 9.17) is 9.72 Å². The van der Waals surface area contributed by atoms with Crippen LogP contribution in [0.15, 0.2) is 53.9 Å². The van der Waals surface area contributed by atoms with Gasteiger partial charge in [0.15, 0.2) is 5.13 Å². The summed E-state index contributed by atoms with van der Waals surface area (Å²) < 4.78 is 6.23. The molecule has 0 aliphatic heterocycles. The monoisotopic (exact) mass is 514 g/mol. The van der Waals surface area contributed by atoms with E-state index in [9.17, 15) is 9.90 Å². The second-order valence-corrected chi connectivity index (χ2v) is 10.9. The summed E-state index contributed by atoms with van der Waals surface area (Å²) in [6.45, 7) is 3.07. The molecule has 0 unspecified atom stereocenters. The Morgan fingerprint density at radius 2 is 1.67 bits per heavy atom. The third-order valence-electron chi connectivity index (χ3n) is 7.47. The van der Waals surface area contributed by atoms with E-state index < -0.39 is 5.97 Å². The molecule has 2 aliphatic carbocycles. The number of thiazole rings is 1. The summed E-state index contributed by atoms with van der Waals surface area (Å²) in [5.74, 6) is 0.878. The summed E-state index contributed by atoms with van der Waals surface area (Å²) in [6, 6.07) is 16.1. The molecule has 1 N–H and O–H groups in total. The van der Waals surface area contributed by atoms with E-state index in [1.165, 1.54) is 38.5 Å². The zero-order valence-electron chi connectivity index (χ0n) is 20.4. The van der Waals surface area contributed by atoms with Crippen LogP contribution in [0.2, 0.25) is 0 Å². The average Bonchev–Trinajstić information content (AvgIpc) is 3.58. The van der Waals surface area contributed by atoms with Crippen molar-refractivity contribution in [1.29, 1.82) is 0 Å². The number of aromatic nitrogens is 1. The molecule has 0 radical (unpaired) electrons. The van der Waals surface area contributed by atoms with Gasteiger partial charge < -0.3 is 14.7 Å². The first-order valence-corrected chi connectivity index (χ1v) is 13.7. The molecule has 0 bridgehead atoms. The molecule has 7 heteroatoms. The fourth-order valence-corrected chi connectivity index (χ4v) is 6.20. The summed E-state index contributed by atoms with van der Waals surface area (Å²) in [5, 5.41) is 12.4. The van der Waals surface area contributed by atoms with Crippen LogP contribution in [0, 0.1) is 5.92 Å². The van der Waals surface area contributed by atoms with Crippen molar-refractivity contribution in [2.24, 2.45) is 5.92 Å². The van der Waals surface area contributed by atoms with Gasteiger partial charge in [-0.1, -0.05) is 31.9 Å². The van der Waals surface area contributed by atoms with Crippen LogP contribution in [0.4, 0.5) is 5.13 Å². The third kappa shape index (κ3) is 6.71. The molecule has 0 spiro atoms. The van der Waals surface area contributed by atoms with Gasteiger partial charge >= 0.3 is 35.5 Å². The molecule has 0 saturated heterocycles. The summed E-state index contributed by atoms with van der Waals surface area (Å²) in [6.07, 6.45) is 9.99. The van der Waals surface area contributed by atoms with Gasteiger partial charge in [-0.15, -0.1) is 11.3 Å². The molecule has 5 nitrogen and oxygen atoms in total. The minimum atomic E-state index is -0.890. The van der Waals surface area contributed by atoms with Crippen LogP contribution in [0.25, 0.3) is 11.3 Å². The Balaban J connectivity index is 0.00000304. The number of hydrogen-bond acceptors (Lipinski definition) is 5. The van der Waals surface area contributed by atoms with Crippen molar-refractivity contribution in [1.82, 2.24) is 4.98 Å². The quantitative estimate of drug-likeness (QED) is 0.336. The van der Waals surface area contributed by atoms with Gasteiger partial charge in [0.25, 0.3) is 0 Å². The first-order valence-electron chi connectivity index (χ1n) is 12.9. The molecule has 36 heavy (non-hydrogen) atoms. The maximum atomic E-state index is 11.2. The van der Waals surface area contributed by atoms with E-state index in [-0.39, 0.29) is 29.6 Å². The number of nitrogens with zero attached hydrogens (tertiary/aromatic N) is 2. The van der Waals surface area contributed by atoms with Crippen LogP contribution in [-0.4, -0.2) is 57.8 Å². The van der Waals surface area contributed by atoms with Gasteiger partial charge in [-0.25, -0.2) is 9.78 Å². The number of aromatic carboxylic acids is 1. The van der Waals surface area contributed by atoms with Crippen LogP contribution in [0.3, 0.4) is 0 Å². The third-order valence-corrected chi connectivity index (χ3v) is 8.35. The van der Waals surface area contributed by atoms with Gasteiger partial charge in [0.05, 0.1) is 17.4 Å². The van der Waals surface area contributed by atoms with Gasteiger partial charge in [0, 0.05) is 23.5 Å². The molecule has 2 saturated carbocycles. The van der Waals surface area contributed by atoms with E-state index in [1.807, 2.05) is 12.1 Å². The Labute approximate surface area is 240 Å². The van der Waals surface area contributed by atoms with Gasteiger partial charge in [0.2, 0.25) is 0 Å². The van der Waals surface area contributed by atoms with Gasteiger partial charge in [-0.05, 0) is 86.4 Å². The van der Waals surface area contributed by atoms with Gasteiger partial charge in [0.1, 0.15) is 5.75 Å². The predicted octanol–water partition coefficient (Wildman–Crippen LogP) is 6.77. The maximum absolute atomic E-state index is 11.2. The van der Waals surface area contributed by atoms with Crippen molar-refractivity contribution in [2.75, 3.05) is 4.90 Å². The summed E-state index contributed by atoms with van der Waals surface area (Å²) in [7, 11) is 0. The molecule has 1 heterocycles. The van der Waals surface area contributed by atoms with Crippen molar-refractivity contribution < 1.29 is 14.6 Å². The predicted molar refractivity (Wildman–Crippen MR) is 149 cm³/mol. The van der Waals surface area contributed by atoms with E-state index in [0.29, 0.717) is 17.7 Å². The van der Waals surface area contributed by atoms with Crippen LogP contribution >= 0.6 is 11.3 Å². The molecule has 2 aliphatic rings. The summed E-state index contributed by atoms with van der Waals surface area (Å²) in [5.41, 5.74) is 3.53. The second-order valence-electron chi connectivity index (χ2n) is 10.1. The Kier molecular flexibility index (Phi) is 9.51. The van der Waals surface area contributed by atoms with E-state index >= 15 is 0 Å². The number of carbonyl (C=O) groups is 1. The first-order chi connectivity index (χ1) is 17.0. The molecule has 0 atom stereocenters. The normalized spacial score (nSPS) is 20.0. The van der Waals surface area contributed by atoms with E-state index in [0.717, 1.165) is 53.0 Å². The molecule has 0 amide bonds. The van der Waals surface area contributed by atoms with Crippen molar-refractivity contribution >= 4 is 52.0 Å². The Bertz CT molecular complexity index is 1120. The Morgan fingerprint density at radius 1 is 1.00 bits per heavy atom. The Hall–Kier alpha value is -1.86. The number of carboxylic acids is 1. The fourth-order valence-electron chi connectivity index (χ4n) is 5.29. The molecule has 2 aromatic carbocycles. The van der Waals surface area contributed by atoms with Crippen molar-refractivity contribution in [3.8, 4) is 17.0 Å². The number of carboxylic acid groups (broad SMARTS) is 1. The average molecular weight is 515 g/mol. The van der Waals surface area contributed by atoms with Crippen LogP contribution in [-0.2, 0) is 6.54 Å². The molecule has 1 aromatic heterocycles.